The molecular formula is C24H22ClN3O3S. The number of aromatic amines is 1. The van der Waals surface area contributed by atoms with Gasteiger partial charge in [0, 0.05) is 16.4 Å². The highest BCUT2D eigenvalue weighted by molar-refractivity contribution is 7.10. The van der Waals surface area contributed by atoms with Crippen LogP contribution in [0.2, 0.25) is 5.02 Å². The van der Waals surface area contributed by atoms with Crippen LogP contribution in [0.3, 0.4) is 0 Å². The maximum atomic E-state index is 12.6. The second kappa shape index (κ2) is 8.58. The van der Waals surface area contributed by atoms with Crippen molar-refractivity contribution in [2.45, 2.75) is 19.0 Å². The Kier molecular flexibility index (Phi) is 5.63. The average molecular weight is 468 g/mol. The summed E-state index contributed by atoms with van der Waals surface area (Å²) >= 11 is 7.85. The van der Waals surface area contributed by atoms with Gasteiger partial charge in [-0.1, -0.05) is 17.7 Å². The first-order valence-corrected chi connectivity index (χ1v) is 11.5. The van der Waals surface area contributed by atoms with Crippen molar-refractivity contribution in [3.05, 3.63) is 85.0 Å². The van der Waals surface area contributed by atoms with E-state index in [-0.39, 0.29) is 11.6 Å². The first kappa shape index (κ1) is 21.0. The molecule has 0 aliphatic carbocycles. The van der Waals surface area contributed by atoms with Gasteiger partial charge in [0.2, 0.25) is 0 Å². The molecule has 2 aromatic carbocycles. The number of hydrogen-bond acceptors (Lipinski definition) is 6. The zero-order chi connectivity index (χ0) is 22.2. The second-order valence-corrected chi connectivity index (χ2v) is 9.13. The minimum atomic E-state index is -0.154. The minimum Gasteiger partial charge on any atom is -0.493 e. The van der Waals surface area contributed by atoms with E-state index in [1.807, 2.05) is 0 Å². The summed E-state index contributed by atoms with van der Waals surface area (Å²) in [5, 5.41) is 3.18. The number of aromatic nitrogens is 2. The summed E-state index contributed by atoms with van der Waals surface area (Å²) in [6, 6.07) is 13.5. The number of rotatable bonds is 5. The Morgan fingerprint density at radius 1 is 1.19 bits per heavy atom. The van der Waals surface area contributed by atoms with Crippen molar-refractivity contribution in [2.24, 2.45) is 0 Å². The van der Waals surface area contributed by atoms with Gasteiger partial charge in [0.25, 0.3) is 5.56 Å². The standard InChI is InChI=1S/C24H22ClN3O3S/c1-30-19-10-14-7-8-28(23(21-4-3-9-32-21)17(14)12-20(19)31-2)13-22-26-18-11-15(25)5-6-16(18)24(29)27-22/h3-6,9-12,23H,7-8,13H2,1-2H3,(H,26,27,29)/t23-/m1/s1. The van der Waals surface area contributed by atoms with Gasteiger partial charge >= 0.3 is 0 Å². The second-order valence-electron chi connectivity index (χ2n) is 7.72. The Morgan fingerprint density at radius 2 is 2.00 bits per heavy atom. The number of thiophene rings is 1. The predicted molar refractivity (Wildman–Crippen MR) is 127 cm³/mol. The number of hydrogen-bond donors (Lipinski definition) is 1. The van der Waals surface area contributed by atoms with E-state index in [0.717, 1.165) is 18.7 Å². The van der Waals surface area contributed by atoms with Crippen LogP contribution in [0.5, 0.6) is 11.5 Å². The van der Waals surface area contributed by atoms with Crippen LogP contribution in [0.25, 0.3) is 10.9 Å². The molecule has 0 saturated carbocycles. The van der Waals surface area contributed by atoms with Gasteiger partial charge in [-0.05, 0) is 59.3 Å². The molecule has 6 nitrogen and oxygen atoms in total. The fourth-order valence-electron chi connectivity index (χ4n) is 4.38. The van der Waals surface area contributed by atoms with Crippen molar-refractivity contribution < 1.29 is 9.47 Å². The Morgan fingerprint density at radius 3 is 2.75 bits per heavy atom. The van der Waals surface area contributed by atoms with Gasteiger partial charge in [-0.25, -0.2) is 4.98 Å². The Hall–Kier alpha value is -2.87. The minimum absolute atomic E-state index is 0.0268. The highest BCUT2D eigenvalue weighted by Gasteiger charge is 2.31. The molecule has 1 N–H and O–H groups in total. The third-order valence-electron chi connectivity index (χ3n) is 5.86. The first-order valence-electron chi connectivity index (χ1n) is 10.3. The van der Waals surface area contributed by atoms with E-state index in [1.54, 1.807) is 43.8 Å². The number of halogens is 1. The predicted octanol–water partition coefficient (Wildman–Crippen LogP) is 4.80. The smallest absolute Gasteiger partial charge is 0.258 e. The maximum Gasteiger partial charge on any atom is 0.258 e. The average Bonchev–Trinajstić information content (AvgIpc) is 3.32. The van der Waals surface area contributed by atoms with E-state index in [1.165, 1.54) is 16.0 Å². The summed E-state index contributed by atoms with van der Waals surface area (Å²) in [4.78, 5) is 23.9. The van der Waals surface area contributed by atoms with Crippen LogP contribution in [0.1, 0.15) is 27.9 Å². The summed E-state index contributed by atoms with van der Waals surface area (Å²) < 4.78 is 11.1. The Labute approximate surface area is 194 Å². The molecule has 0 radical (unpaired) electrons. The SMILES string of the molecule is COc1cc2c(cc1OC)[C@H](c1cccs1)N(Cc1nc3cc(Cl)ccc3c(=O)[nH]1)CC2. The molecule has 1 atom stereocenters. The lowest BCUT2D eigenvalue weighted by molar-refractivity contribution is 0.201. The zero-order valence-corrected chi connectivity index (χ0v) is 19.3. The van der Waals surface area contributed by atoms with Crippen LogP contribution in [-0.2, 0) is 13.0 Å². The Balaban J connectivity index is 1.57. The van der Waals surface area contributed by atoms with Crippen molar-refractivity contribution >= 4 is 33.8 Å². The Bertz CT molecular complexity index is 1340. The topological polar surface area (TPSA) is 67.5 Å². The number of benzene rings is 2. The molecule has 164 valence electrons. The van der Waals surface area contributed by atoms with Crippen molar-refractivity contribution in [1.29, 1.82) is 0 Å². The fraction of sp³-hybridized carbons (Fsp3) is 0.250. The lowest BCUT2D eigenvalue weighted by atomic mass is 9.91. The van der Waals surface area contributed by atoms with E-state index in [9.17, 15) is 4.79 Å². The van der Waals surface area contributed by atoms with Crippen molar-refractivity contribution in [3.63, 3.8) is 0 Å². The van der Waals surface area contributed by atoms with Crippen LogP contribution < -0.4 is 15.0 Å². The molecule has 0 fully saturated rings. The normalized spacial score (nSPS) is 16.2. The van der Waals surface area contributed by atoms with E-state index < -0.39 is 0 Å². The lowest BCUT2D eigenvalue weighted by Crippen LogP contribution is -2.36. The summed E-state index contributed by atoms with van der Waals surface area (Å²) in [5.41, 5.74) is 2.87. The first-order chi connectivity index (χ1) is 15.6. The summed E-state index contributed by atoms with van der Waals surface area (Å²) in [6.45, 7) is 1.33. The maximum absolute atomic E-state index is 12.6. The third kappa shape index (κ3) is 3.77. The van der Waals surface area contributed by atoms with Gasteiger partial charge in [-0.2, -0.15) is 0 Å². The zero-order valence-electron chi connectivity index (χ0n) is 17.7. The molecule has 2 aromatic heterocycles. The van der Waals surface area contributed by atoms with Crippen LogP contribution in [0.15, 0.2) is 52.6 Å². The quantitative estimate of drug-likeness (QED) is 0.456. The van der Waals surface area contributed by atoms with Gasteiger partial charge in [0.15, 0.2) is 11.5 Å². The summed E-state index contributed by atoms with van der Waals surface area (Å²) in [7, 11) is 3.31. The van der Waals surface area contributed by atoms with Gasteiger partial charge in [-0.3, -0.25) is 9.69 Å². The van der Waals surface area contributed by atoms with E-state index in [4.69, 9.17) is 26.1 Å². The molecule has 0 bridgehead atoms. The van der Waals surface area contributed by atoms with E-state index >= 15 is 0 Å². The van der Waals surface area contributed by atoms with Crippen molar-refractivity contribution in [3.8, 4) is 11.5 Å². The monoisotopic (exact) mass is 467 g/mol. The molecule has 0 spiro atoms. The molecule has 8 heteroatoms. The number of methoxy groups -OCH3 is 2. The molecule has 1 aliphatic rings. The lowest BCUT2D eigenvalue weighted by Gasteiger charge is -2.37. The molecule has 32 heavy (non-hydrogen) atoms. The molecule has 0 unspecified atom stereocenters. The van der Waals surface area contributed by atoms with E-state index in [2.05, 4.69) is 39.5 Å². The highest BCUT2D eigenvalue weighted by Crippen LogP contribution is 2.42. The number of nitrogens with one attached hydrogen (secondary N) is 1. The van der Waals surface area contributed by atoms with Crippen LogP contribution in [0.4, 0.5) is 0 Å². The van der Waals surface area contributed by atoms with Gasteiger partial charge in [-0.15, -0.1) is 11.3 Å². The molecule has 5 rings (SSSR count). The molecular weight excluding hydrogens is 446 g/mol. The molecule has 4 aromatic rings. The molecule has 0 amide bonds. The number of H-pyrrole nitrogens is 1. The molecule has 1 aliphatic heterocycles. The third-order valence-corrected chi connectivity index (χ3v) is 7.02. The van der Waals surface area contributed by atoms with Crippen molar-refractivity contribution in [2.75, 3.05) is 20.8 Å². The number of fused-ring (bicyclic) bond motifs is 2. The number of ether oxygens (including phenoxy) is 2. The van der Waals surface area contributed by atoms with Gasteiger partial charge in [0.1, 0.15) is 5.82 Å². The van der Waals surface area contributed by atoms with Crippen molar-refractivity contribution in [1.82, 2.24) is 14.9 Å². The van der Waals surface area contributed by atoms with Crippen LogP contribution >= 0.6 is 22.9 Å². The van der Waals surface area contributed by atoms with E-state index in [0.29, 0.717) is 34.0 Å². The van der Waals surface area contributed by atoms with Gasteiger partial charge in [0.05, 0.1) is 37.7 Å². The number of nitrogens with zero attached hydrogens (tertiary/aromatic N) is 2. The highest BCUT2D eigenvalue weighted by atomic mass is 35.5. The molecule has 0 saturated heterocycles. The summed E-state index contributed by atoms with van der Waals surface area (Å²) in [6.07, 6.45) is 0.862. The summed E-state index contributed by atoms with van der Waals surface area (Å²) in [5.74, 6) is 2.07. The molecule has 3 heterocycles. The van der Waals surface area contributed by atoms with Gasteiger partial charge < -0.3 is 14.5 Å². The van der Waals surface area contributed by atoms with Crippen LogP contribution in [0, 0.1) is 0 Å². The van der Waals surface area contributed by atoms with Crippen LogP contribution in [-0.4, -0.2) is 35.6 Å². The fourth-order valence-corrected chi connectivity index (χ4v) is 5.42. The largest absolute Gasteiger partial charge is 0.493 e.